The van der Waals surface area contributed by atoms with E-state index in [0.29, 0.717) is 73.0 Å². The summed E-state index contributed by atoms with van der Waals surface area (Å²) < 4.78 is 15.5. The second-order valence-corrected chi connectivity index (χ2v) is 8.03. The Morgan fingerprint density at radius 1 is 0.541 bits per heavy atom. The van der Waals surface area contributed by atoms with Gasteiger partial charge in [-0.05, 0) is 36.8 Å². The summed E-state index contributed by atoms with van der Waals surface area (Å²) >= 11 is 0. The van der Waals surface area contributed by atoms with Gasteiger partial charge in [0.2, 0.25) is 0 Å². The molecule has 200 valence electrons. The van der Waals surface area contributed by atoms with E-state index in [0.717, 1.165) is 0 Å². The lowest BCUT2D eigenvalue weighted by atomic mass is 10.1. The van der Waals surface area contributed by atoms with E-state index in [-0.39, 0.29) is 23.0 Å². The summed E-state index contributed by atoms with van der Waals surface area (Å²) in [6.45, 7) is 1.13. The molecular formula is C27H32O10. The average Bonchev–Trinajstić information content (AvgIpc) is 2.88. The number of benzene rings is 3. The zero-order valence-electron chi connectivity index (χ0n) is 21.1. The van der Waals surface area contributed by atoms with Crippen molar-refractivity contribution in [2.45, 2.75) is 19.3 Å². The van der Waals surface area contributed by atoms with Crippen molar-refractivity contribution in [3.63, 3.8) is 0 Å². The van der Waals surface area contributed by atoms with Gasteiger partial charge in [0.1, 0.15) is 17.2 Å². The van der Waals surface area contributed by atoms with Gasteiger partial charge in [0, 0.05) is 63.0 Å². The molecule has 10 nitrogen and oxygen atoms in total. The Labute approximate surface area is 215 Å². The molecule has 0 aliphatic carbocycles. The molecule has 0 radical (unpaired) electrons. The minimum absolute atomic E-state index is 0.106. The largest absolute Gasteiger partial charge is 0.508 e. The monoisotopic (exact) mass is 516 g/mol. The molecule has 3 rings (SSSR count). The van der Waals surface area contributed by atoms with E-state index in [4.69, 9.17) is 33.8 Å². The highest BCUT2D eigenvalue weighted by Gasteiger charge is 2.18. The van der Waals surface area contributed by atoms with E-state index in [1.54, 1.807) is 51.7 Å². The van der Waals surface area contributed by atoms with E-state index in [9.17, 15) is 15.3 Å². The summed E-state index contributed by atoms with van der Waals surface area (Å²) in [5.74, 6) is 1.04. The van der Waals surface area contributed by atoms with Gasteiger partial charge < -0.3 is 29.5 Å². The molecular weight excluding hydrogens is 484 g/mol. The van der Waals surface area contributed by atoms with Crippen molar-refractivity contribution in [3.05, 3.63) is 65.2 Å². The number of phenols is 3. The fourth-order valence-electron chi connectivity index (χ4n) is 3.53. The van der Waals surface area contributed by atoms with Gasteiger partial charge in [-0.3, -0.25) is 19.6 Å². The molecule has 0 heterocycles. The van der Waals surface area contributed by atoms with Crippen LogP contribution in [-0.4, -0.2) is 56.5 Å². The van der Waals surface area contributed by atoms with E-state index < -0.39 is 0 Å². The molecule has 0 fully saturated rings. The van der Waals surface area contributed by atoms with Crippen molar-refractivity contribution in [3.8, 4) is 40.2 Å². The molecule has 0 aliphatic rings. The highest BCUT2D eigenvalue weighted by atomic mass is 17.2. The van der Waals surface area contributed by atoms with Crippen molar-refractivity contribution in [2.24, 2.45) is 0 Å². The number of hydrogen-bond donors (Lipinski definition) is 3. The third kappa shape index (κ3) is 7.81. The summed E-state index contributed by atoms with van der Waals surface area (Å²) in [6.07, 6.45) is 1.26. The lowest BCUT2D eigenvalue weighted by Gasteiger charge is -2.17. The van der Waals surface area contributed by atoms with Crippen LogP contribution in [-0.2, 0) is 33.5 Å². The number of rotatable bonds is 15. The van der Waals surface area contributed by atoms with Crippen LogP contribution in [0.1, 0.15) is 16.7 Å². The maximum absolute atomic E-state index is 10.3. The molecule has 0 bridgehead atoms. The van der Waals surface area contributed by atoms with Crippen LogP contribution in [0.5, 0.6) is 40.2 Å². The van der Waals surface area contributed by atoms with Crippen molar-refractivity contribution >= 4 is 0 Å². The third-order valence-corrected chi connectivity index (χ3v) is 5.43. The van der Waals surface area contributed by atoms with E-state index in [1.807, 2.05) is 0 Å². The lowest BCUT2D eigenvalue weighted by Crippen LogP contribution is -2.10. The number of hydrogen-bond acceptors (Lipinski definition) is 10. The molecule has 0 spiro atoms. The Morgan fingerprint density at radius 2 is 1.11 bits per heavy atom. The smallest absolute Gasteiger partial charge is 0.189 e. The molecule has 0 saturated carbocycles. The fourth-order valence-corrected chi connectivity index (χ4v) is 3.53. The predicted molar refractivity (Wildman–Crippen MR) is 134 cm³/mol. The first-order valence-electron chi connectivity index (χ1n) is 11.6. The molecule has 0 saturated heterocycles. The molecule has 0 aliphatic heterocycles. The van der Waals surface area contributed by atoms with Gasteiger partial charge in [0.05, 0.1) is 19.8 Å². The minimum Gasteiger partial charge on any atom is -0.508 e. The minimum atomic E-state index is -0.180. The lowest BCUT2D eigenvalue weighted by molar-refractivity contribution is -0.110. The second kappa shape index (κ2) is 14.0. The summed E-state index contributed by atoms with van der Waals surface area (Å²) in [5.41, 5.74) is 1.73. The van der Waals surface area contributed by atoms with Crippen molar-refractivity contribution in [1.29, 1.82) is 0 Å². The number of phenolic OH excluding ortho intramolecular Hbond substituents is 3. The molecule has 0 unspecified atom stereocenters. The van der Waals surface area contributed by atoms with Gasteiger partial charge in [-0.15, -0.1) is 0 Å². The highest BCUT2D eigenvalue weighted by molar-refractivity contribution is 5.50. The first-order chi connectivity index (χ1) is 18.0. The van der Waals surface area contributed by atoms with Crippen LogP contribution < -0.4 is 19.6 Å². The van der Waals surface area contributed by atoms with Crippen LogP contribution in [0.25, 0.3) is 0 Å². The standard InChI is InChI=1S/C27H32O10/c1-31-12-9-18-15-19(28)7-8-24(18)34-35-25-5-4-6-26(22(25)11-14-33-3)36-37-27-17-20(29)16-23(30)21(27)10-13-32-2/h4-8,15-17,28-30H,9-14H2,1-3H3. The van der Waals surface area contributed by atoms with E-state index in [1.165, 1.54) is 18.2 Å². The number of methoxy groups -OCH3 is 3. The van der Waals surface area contributed by atoms with Gasteiger partial charge >= 0.3 is 0 Å². The number of aromatic hydroxyl groups is 3. The van der Waals surface area contributed by atoms with Gasteiger partial charge in [-0.25, -0.2) is 0 Å². The Hall–Kier alpha value is -3.86. The third-order valence-electron chi connectivity index (χ3n) is 5.43. The van der Waals surface area contributed by atoms with Crippen LogP contribution in [0.2, 0.25) is 0 Å². The molecule has 3 aromatic carbocycles. The van der Waals surface area contributed by atoms with E-state index >= 15 is 0 Å². The predicted octanol–water partition coefficient (Wildman–Crippen LogP) is 4.12. The van der Waals surface area contributed by atoms with Gasteiger partial charge in [-0.2, -0.15) is 0 Å². The first-order valence-corrected chi connectivity index (χ1v) is 11.6. The molecule has 3 N–H and O–H groups in total. The van der Waals surface area contributed by atoms with Crippen LogP contribution >= 0.6 is 0 Å². The van der Waals surface area contributed by atoms with Crippen LogP contribution in [0.15, 0.2) is 48.5 Å². The normalized spacial score (nSPS) is 10.8. The summed E-state index contributed by atoms with van der Waals surface area (Å²) in [6, 6.07) is 12.3. The average molecular weight is 517 g/mol. The zero-order chi connectivity index (χ0) is 26.6. The Balaban J connectivity index is 1.83. The van der Waals surface area contributed by atoms with Gasteiger partial charge in [-0.1, -0.05) is 6.07 Å². The Morgan fingerprint density at radius 3 is 1.76 bits per heavy atom. The van der Waals surface area contributed by atoms with Gasteiger partial charge in [0.25, 0.3) is 0 Å². The Kier molecular flexibility index (Phi) is 10.5. The highest BCUT2D eigenvalue weighted by Crippen LogP contribution is 2.36. The van der Waals surface area contributed by atoms with Gasteiger partial charge in [0.15, 0.2) is 23.0 Å². The molecule has 0 atom stereocenters. The topological polar surface area (TPSA) is 125 Å². The van der Waals surface area contributed by atoms with Crippen LogP contribution in [0.4, 0.5) is 0 Å². The molecule has 3 aromatic rings. The quantitative estimate of drug-likeness (QED) is 0.201. The summed E-state index contributed by atoms with van der Waals surface area (Å²) in [4.78, 5) is 22.5. The number of ether oxygens (including phenoxy) is 3. The van der Waals surface area contributed by atoms with Crippen LogP contribution in [0.3, 0.4) is 0 Å². The van der Waals surface area contributed by atoms with Crippen molar-refractivity contribution in [2.75, 3.05) is 41.2 Å². The molecule has 0 aromatic heterocycles. The SMILES string of the molecule is COCCc1cc(O)ccc1OOc1cccc(OOc2cc(O)cc(O)c2CCOC)c1CCOC. The second-order valence-electron chi connectivity index (χ2n) is 8.03. The Bertz CT molecular complexity index is 1150. The molecule has 10 heteroatoms. The summed E-state index contributed by atoms with van der Waals surface area (Å²) in [7, 11) is 4.71. The van der Waals surface area contributed by atoms with Crippen molar-refractivity contribution < 1.29 is 49.1 Å². The van der Waals surface area contributed by atoms with E-state index in [2.05, 4.69) is 0 Å². The molecule has 37 heavy (non-hydrogen) atoms. The van der Waals surface area contributed by atoms with Crippen molar-refractivity contribution in [1.82, 2.24) is 0 Å². The van der Waals surface area contributed by atoms with Crippen LogP contribution in [0, 0.1) is 0 Å². The zero-order valence-corrected chi connectivity index (χ0v) is 21.1. The maximum atomic E-state index is 10.3. The maximum Gasteiger partial charge on any atom is 0.189 e. The fraction of sp³-hybridized carbons (Fsp3) is 0.333. The first kappa shape index (κ1) is 27.7. The molecule has 0 amide bonds. The summed E-state index contributed by atoms with van der Waals surface area (Å²) in [5, 5.41) is 30.0.